The van der Waals surface area contributed by atoms with E-state index in [9.17, 15) is 13.2 Å². The van der Waals surface area contributed by atoms with Crippen LogP contribution in [0.1, 0.15) is 48.6 Å². The van der Waals surface area contributed by atoms with Gasteiger partial charge in [0.25, 0.3) is 0 Å². The topological polar surface area (TPSA) is 55.7 Å². The van der Waals surface area contributed by atoms with Crippen LogP contribution in [0.3, 0.4) is 0 Å². The molecule has 2 rings (SSSR count). The highest BCUT2D eigenvalue weighted by Crippen LogP contribution is 2.25. The van der Waals surface area contributed by atoms with E-state index in [0.29, 0.717) is 22.9 Å². The molecular weight excluding hydrogens is 403 g/mol. The maximum atomic E-state index is 12.6. The van der Waals surface area contributed by atoms with Crippen molar-refractivity contribution in [3.8, 4) is 5.75 Å². The highest BCUT2D eigenvalue weighted by molar-refractivity contribution is 7.13. The quantitative estimate of drug-likeness (QED) is 0.288. The minimum absolute atomic E-state index is 0.310. The summed E-state index contributed by atoms with van der Waals surface area (Å²) in [6.07, 6.45) is 0.838. The Bertz CT molecular complexity index is 778. The molecule has 0 atom stereocenters. The number of aryl methyl sites for hydroxylation is 1. The zero-order valence-corrected chi connectivity index (χ0v) is 17.4. The maximum Gasteiger partial charge on any atom is 0.573 e. The number of alkyl halides is 3. The van der Waals surface area contributed by atoms with E-state index < -0.39 is 6.36 Å². The summed E-state index contributed by atoms with van der Waals surface area (Å²) < 4.78 is 41.7. The minimum Gasteiger partial charge on any atom is -0.406 e. The van der Waals surface area contributed by atoms with Crippen molar-refractivity contribution in [3.05, 3.63) is 45.9 Å². The van der Waals surface area contributed by atoms with Gasteiger partial charge in [-0.2, -0.15) is 0 Å². The average Bonchev–Trinajstić information content (AvgIpc) is 3.14. The van der Waals surface area contributed by atoms with Gasteiger partial charge in [-0.25, -0.2) is 4.98 Å². The van der Waals surface area contributed by atoms with E-state index in [1.54, 1.807) is 12.3 Å². The lowest BCUT2D eigenvalue weighted by Gasteiger charge is -2.10. The fourth-order valence-electron chi connectivity index (χ4n) is 2.43. The molecule has 1 aromatic heterocycles. The molecule has 0 amide bonds. The smallest absolute Gasteiger partial charge is 0.406 e. The molecule has 0 unspecified atom stereocenters. The molecule has 2 aromatic rings. The lowest BCUT2D eigenvalue weighted by atomic mass is 10.1. The van der Waals surface area contributed by atoms with E-state index in [1.807, 2.05) is 6.92 Å². The average molecular weight is 430 g/mol. The number of thiazole rings is 1. The first kappa shape index (κ1) is 23.2. The highest BCUT2D eigenvalue weighted by atomic mass is 32.1. The molecule has 0 aliphatic rings. The van der Waals surface area contributed by atoms with Crippen LogP contribution in [-0.2, 0) is 11.3 Å². The number of ether oxygens (including phenoxy) is 1. The molecule has 0 saturated carbocycles. The number of hydrogen-bond donors (Lipinski definition) is 1. The number of halogens is 3. The Kier molecular flexibility index (Phi) is 9.40. The Morgan fingerprint density at radius 3 is 2.69 bits per heavy atom. The molecule has 0 aliphatic heterocycles. The van der Waals surface area contributed by atoms with Crippen LogP contribution in [0.15, 0.2) is 35.6 Å². The molecule has 0 aliphatic carbocycles. The van der Waals surface area contributed by atoms with Crippen molar-refractivity contribution in [3.63, 3.8) is 0 Å². The van der Waals surface area contributed by atoms with Crippen LogP contribution in [0.5, 0.6) is 5.75 Å². The molecule has 1 N–H and O–H groups in total. The summed E-state index contributed by atoms with van der Waals surface area (Å²) in [5.41, 5.74) is 0.839. The number of nitrogens with one attached hydrogen (secondary N) is 1. The Hall–Kier alpha value is -2.13. The summed E-state index contributed by atoms with van der Waals surface area (Å²) in [6.45, 7) is 6.33. The summed E-state index contributed by atoms with van der Waals surface area (Å²) in [5, 5.41) is 8.09. The van der Waals surface area contributed by atoms with Crippen molar-refractivity contribution in [2.45, 2.75) is 45.9 Å². The van der Waals surface area contributed by atoms with Gasteiger partial charge in [0.1, 0.15) is 23.1 Å². The van der Waals surface area contributed by atoms with Gasteiger partial charge in [0.05, 0.1) is 0 Å². The van der Waals surface area contributed by atoms with E-state index in [0.717, 1.165) is 43.6 Å². The number of hydrogen-bond acceptors (Lipinski definition) is 6. The number of benzene rings is 1. The van der Waals surface area contributed by atoms with Gasteiger partial charge in [-0.05, 0) is 44.5 Å². The van der Waals surface area contributed by atoms with Crippen LogP contribution in [-0.4, -0.2) is 36.8 Å². The first-order chi connectivity index (χ1) is 13.9. The van der Waals surface area contributed by atoms with Crippen molar-refractivity contribution < 1.29 is 22.7 Å². The van der Waals surface area contributed by atoms with Crippen molar-refractivity contribution in [2.75, 3.05) is 19.7 Å². The first-order valence-electron chi connectivity index (χ1n) is 9.65. The number of aromatic nitrogens is 1. The van der Waals surface area contributed by atoms with Gasteiger partial charge in [0.15, 0.2) is 0 Å². The lowest BCUT2D eigenvalue weighted by Crippen LogP contribution is -2.18. The fraction of sp³-hybridized carbons (Fsp3) is 0.500. The summed E-state index contributed by atoms with van der Waals surface area (Å²) in [7, 11) is 0. The van der Waals surface area contributed by atoms with E-state index in [-0.39, 0.29) is 5.75 Å². The van der Waals surface area contributed by atoms with Gasteiger partial charge in [-0.15, -0.1) is 24.5 Å². The Morgan fingerprint density at radius 2 is 2.00 bits per heavy atom. The summed E-state index contributed by atoms with van der Waals surface area (Å²) in [6, 6.07) is 5.68. The molecule has 1 aromatic carbocycles. The zero-order valence-electron chi connectivity index (χ0n) is 16.6. The fourth-order valence-corrected chi connectivity index (χ4v) is 3.29. The molecular formula is C20H26F3N3O2S. The second-order valence-electron chi connectivity index (χ2n) is 6.29. The van der Waals surface area contributed by atoms with Gasteiger partial charge in [0, 0.05) is 16.6 Å². The molecule has 0 bridgehead atoms. The number of rotatable bonds is 12. The third kappa shape index (κ3) is 8.41. The Morgan fingerprint density at radius 1 is 1.21 bits per heavy atom. The number of nitrogens with zero attached hydrogens (tertiary/aromatic N) is 2. The molecule has 0 fully saturated rings. The van der Waals surface area contributed by atoms with Gasteiger partial charge >= 0.3 is 6.36 Å². The largest absolute Gasteiger partial charge is 0.573 e. The molecule has 1 heterocycles. The second-order valence-corrected chi connectivity index (χ2v) is 7.41. The zero-order chi connectivity index (χ0) is 21.1. The predicted octanol–water partition coefficient (Wildman–Crippen LogP) is 5.15. The molecule has 160 valence electrons. The van der Waals surface area contributed by atoms with Crippen molar-refractivity contribution in [1.29, 1.82) is 0 Å². The van der Waals surface area contributed by atoms with Crippen molar-refractivity contribution in [2.24, 2.45) is 5.16 Å². The van der Waals surface area contributed by atoms with Gasteiger partial charge in [-0.1, -0.05) is 37.6 Å². The van der Waals surface area contributed by atoms with Gasteiger partial charge in [-0.3, -0.25) is 0 Å². The van der Waals surface area contributed by atoms with Crippen LogP contribution in [0.25, 0.3) is 0 Å². The number of oxime groups is 1. The monoisotopic (exact) mass is 429 g/mol. The van der Waals surface area contributed by atoms with Crippen molar-refractivity contribution in [1.82, 2.24) is 10.3 Å². The third-order valence-corrected chi connectivity index (χ3v) is 5.05. The first-order valence-corrected chi connectivity index (χ1v) is 10.5. The molecule has 9 heteroatoms. The normalized spacial score (nSPS) is 12.2. The Balaban J connectivity index is 2.10. The lowest BCUT2D eigenvalue weighted by molar-refractivity contribution is -0.274. The van der Waals surface area contributed by atoms with E-state index >= 15 is 0 Å². The van der Waals surface area contributed by atoms with Gasteiger partial charge < -0.3 is 14.9 Å². The van der Waals surface area contributed by atoms with Crippen LogP contribution >= 0.6 is 11.3 Å². The number of unbranched alkanes of at least 4 members (excludes halogenated alkanes) is 1. The molecule has 29 heavy (non-hydrogen) atoms. The standard InChI is InChI=1S/C20H26F3N3O2S/c1-3-5-10-24-11-7-12-27-26-18(19-25-14-17(4-2)29-19)15-8-6-9-16(13-15)28-20(21,22)23/h6,8-9,13-14,24H,3-5,7,10-12H2,1-2H3/b26-18+. The van der Waals surface area contributed by atoms with Crippen LogP contribution in [0, 0.1) is 0 Å². The highest BCUT2D eigenvalue weighted by Gasteiger charge is 2.31. The predicted molar refractivity (Wildman–Crippen MR) is 109 cm³/mol. The Labute approximate surface area is 172 Å². The van der Waals surface area contributed by atoms with Gasteiger partial charge in [0.2, 0.25) is 0 Å². The second kappa shape index (κ2) is 11.8. The van der Waals surface area contributed by atoms with Crippen LogP contribution in [0.2, 0.25) is 0 Å². The minimum atomic E-state index is -4.76. The summed E-state index contributed by atoms with van der Waals surface area (Å²) in [4.78, 5) is 10.8. The van der Waals surface area contributed by atoms with E-state index in [4.69, 9.17) is 4.84 Å². The third-order valence-electron chi connectivity index (χ3n) is 3.90. The SMILES string of the molecule is CCCCNCCCO/N=C(\c1cccc(OC(F)(F)F)c1)c1ncc(CC)s1. The summed E-state index contributed by atoms with van der Waals surface area (Å²) in [5.74, 6) is -0.310. The van der Waals surface area contributed by atoms with Crippen molar-refractivity contribution >= 4 is 17.0 Å². The molecule has 0 spiro atoms. The van der Waals surface area contributed by atoms with Crippen LogP contribution in [0.4, 0.5) is 13.2 Å². The molecule has 0 saturated heterocycles. The summed E-state index contributed by atoms with van der Waals surface area (Å²) >= 11 is 1.43. The molecule has 5 nitrogen and oxygen atoms in total. The van der Waals surface area contributed by atoms with E-state index in [2.05, 4.69) is 27.1 Å². The van der Waals surface area contributed by atoms with E-state index in [1.165, 1.54) is 29.5 Å². The molecule has 0 radical (unpaired) electrons. The van der Waals surface area contributed by atoms with Crippen LogP contribution < -0.4 is 10.1 Å². The maximum absolute atomic E-state index is 12.6.